The van der Waals surface area contributed by atoms with E-state index < -0.39 is 26.5 Å². The van der Waals surface area contributed by atoms with Crippen molar-refractivity contribution in [3.63, 3.8) is 0 Å². The van der Waals surface area contributed by atoms with E-state index in [1.165, 1.54) is 11.1 Å². The SMILES string of the molecule is C[Si](C)(C)CCOCn1nc(-c2ccnc(N3CCC(F)(F)C3)c2C(=O)O)c2ccccc21.Cl. The largest absolute Gasteiger partial charge is 0.478 e. The maximum absolute atomic E-state index is 13.8. The first-order chi connectivity index (χ1) is 15.6. The number of para-hydroxylation sites is 1. The minimum atomic E-state index is -2.87. The highest BCUT2D eigenvalue weighted by Gasteiger charge is 2.40. The van der Waals surface area contributed by atoms with E-state index in [2.05, 4.69) is 29.7 Å². The summed E-state index contributed by atoms with van der Waals surface area (Å²) < 4.78 is 35.2. The van der Waals surface area contributed by atoms with Gasteiger partial charge in [-0.15, -0.1) is 12.4 Å². The van der Waals surface area contributed by atoms with Crippen molar-refractivity contribution >= 4 is 43.2 Å². The van der Waals surface area contributed by atoms with Gasteiger partial charge in [0.2, 0.25) is 0 Å². The predicted octanol–water partition coefficient (Wildman–Crippen LogP) is 5.38. The monoisotopic (exact) mass is 510 g/mol. The number of pyridine rings is 1. The van der Waals surface area contributed by atoms with Crippen molar-refractivity contribution in [3.8, 4) is 11.3 Å². The summed E-state index contributed by atoms with van der Waals surface area (Å²) in [6, 6.07) is 10.1. The molecule has 184 valence electrons. The molecule has 1 aromatic carbocycles. The molecule has 0 atom stereocenters. The second kappa shape index (κ2) is 9.97. The zero-order valence-electron chi connectivity index (χ0n) is 19.4. The summed E-state index contributed by atoms with van der Waals surface area (Å²) in [5.41, 5.74) is 1.50. The highest BCUT2D eigenvalue weighted by molar-refractivity contribution is 6.76. The molecule has 0 bridgehead atoms. The van der Waals surface area contributed by atoms with Gasteiger partial charge in [0.05, 0.1) is 12.1 Å². The van der Waals surface area contributed by atoms with Gasteiger partial charge in [0, 0.05) is 44.8 Å². The first-order valence-corrected chi connectivity index (χ1v) is 14.7. The number of rotatable bonds is 8. The van der Waals surface area contributed by atoms with E-state index in [0.717, 1.165) is 16.9 Å². The number of anilines is 1. The summed E-state index contributed by atoms with van der Waals surface area (Å²) >= 11 is 0. The third-order valence-electron chi connectivity index (χ3n) is 5.74. The van der Waals surface area contributed by atoms with Crippen LogP contribution in [0, 0.1) is 0 Å². The molecule has 2 aromatic heterocycles. The molecule has 3 heterocycles. The number of carboxylic acids is 1. The lowest BCUT2D eigenvalue weighted by molar-refractivity contribution is 0.0256. The van der Waals surface area contributed by atoms with E-state index in [-0.39, 0.29) is 43.5 Å². The quantitative estimate of drug-likeness (QED) is 0.324. The minimum absolute atomic E-state index is 0. The Morgan fingerprint density at radius 3 is 2.62 bits per heavy atom. The number of carbonyl (C=O) groups is 1. The van der Waals surface area contributed by atoms with Crippen molar-refractivity contribution in [2.45, 2.75) is 44.8 Å². The number of hydrogen-bond donors (Lipinski definition) is 1. The first-order valence-electron chi connectivity index (χ1n) is 10.9. The Labute approximate surface area is 204 Å². The van der Waals surface area contributed by atoms with E-state index in [0.29, 0.717) is 17.9 Å². The lowest BCUT2D eigenvalue weighted by Gasteiger charge is -2.20. The summed E-state index contributed by atoms with van der Waals surface area (Å²) in [5.74, 6) is -4.05. The van der Waals surface area contributed by atoms with Gasteiger partial charge < -0.3 is 14.7 Å². The maximum atomic E-state index is 13.8. The number of halogens is 3. The summed E-state index contributed by atoms with van der Waals surface area (Å²) in [6.07, 6.45) is 1.12. The Bertz CT molecular complexity index is 1180. The maximum Gasteiger partial charge on any atom is 0.340 e. The lowest BCUT2D eigenvalue weighted by atomic mass is 10.0. The Morgan fingerprint density at radius 1 is 1.24 bits per heavy atom. The molecule has 7 nitrogen and oxygen atoms in total. The number of aromatic nitrogens is 3. The van der Waals surface area contributed by atoms with Crippen LogP contribution < -0.4 is 4.90 Å². The topological polar surface area (TPSA) is 80.5 Å². The molecule has 1 saturated heterocycles. The smallest absolute Gasteiger partial charge is 0.340 e. The fourth-order valence-electron chi connectivity index (χ4n) is 3.97. The zero-order valence-corrected chi connectivity index (χ0v) is 21.2. The second-order valence-corrected chi connectivity index (χ2v) is 15.2. The Kier molecular flexibility index (Phi) is 7.64. The van der Waals surface area contributed by atoms with Gasteiger partial charge in [-0.05, 0) is 18.2 Å². The molecule has 4 rings (SSSR count). The van der Waals surface area contributed by atoms with Crippen LogP contribution in [0.1, 0.15) is 16.8 Å². The number of benzene rings is 1. The molecule has 3 aromatic rings. The van der Waals surface area contributed by atoms with Gasteiger partial charge in [0.15, 0.2) is 0 Å². The number of aromatic carboxylic acids is 1. The summed E-state index contributed by atoms with van der Waals surface area (Å²) in [5, 5.41) is 15.5. The van der Waals surface area contributed by atoms with Crippen LogP contribution in [0.15, 0.2) is 36.5 Å². The van der Waals surface area contributed by atoms with E-state index in [1.54, 1.807) is 10.7 Å². The zero-order chi connectivity index (χ0) is 23.8. The van der Waals surface area contributed by atoms with Gasteiger partial charge in [-0.25, -0.2) is 23.2 Å². The normalized spacial score (nSPS) is 15.5. The first kappa shape index (κ1) is 26.0. The van der Waals surface area contributed by atoms with E-state index in [1.807, 2.05) is 24.3 Å². The molecule has 0 aliphatic carbocycles. The van der Waals surface area contributed by atoms with E-state index in [4.69, 9.17) is 4.74 Å². The standard InChI is InChI=1S/C23H28F2N4O3Si.ClH/c1-33(2,3)13-12-32-15-29-18-7-5-4-6-16(18)20(27-29)17-8-10-26-21(19(17)22(30)31)28-11-9-23(24,25)14-28;/h4-8,10H,9,11-15H2,1-3H3,(H,30,31);1H. The van der Waals surface area contributed by atoms with Crippen LogP contribution in [0.25, 0.3) is 22.2 Å². The van der Waals surface area contributed by atoms with Gasteiger partial charge >= 0.3 is 5.97 Å². The van der Waals surface area contributed by atoms with Crippen LogP contribution in [0.5, 0.6) is 0 Å². The Hall–Kier alpha value is -2.56. The third kappa shape index (κ3) is 5.56. The van der Waals surface area contributed by atoms with E-state index in [9.17, 15) is 18.7 Å². The molecular formula is C23H29ClF2N4O3Si. The molecule has 34 heavy (non-hydrogen) atoms. The predicted molar refractivity (Wildman–Crippen MR) is 133 cm³/mol. The van der Waals surface area contributed by atoms with Crippen LogP contribution in [0.4, 0.5) is 14.6 Å². The van der Waals surface area contributed by atoms with Crippen molar-refractivity contribution in [2.24, 2.45) is 0 Å². The van der Waals surface area contributed by atoms with Crippen molar-refractivity contribution in [3.05, 3.63) is 42.1 Å². The molecule has 1 aliphatic heterocycles. The Balaban J connectivity index is 0.00000324. The number of ether oxygens (including phenoxy) is 1. The molecule has 11 heteroatoms. The molecular weight excluding hydrogens is 482 g/mol. The van der Waals surface area contributed by atoms with Crippen LogP contribution in [0.3, 0.4) is 0 Å². The van der Waals surface area contributed by atoms with Gasteiger partial charge in [-0.3, -0.25) is 0 Å². The minimum Gasteiger partial charge on any atom is -0.478 e. The van der Waals surface area contributed by atoms with Crippen LogP contribution in [-0.4, -0.2) is 59.5 Å². The van der Waals surface area contributed by atoms with Crippen LogP contribution in [-0.2, 0) is 11.5 Å². The number of alkyl halides is 2. The van der Waals surface area contributed by atoms with Gasteiger partial charge in [-0.1, -0.05) is 37.8 Å². The number of carboxylic acid groups (broad SMARTS) is 1. The van der Waals surface area contributed by atoms with Crippen molar-refractivity contribution in [2.75, 3.05) is 24.6 Å². The highest BCUT2D eigenvalue weighted by atomic mass is 35.5. The number of nitrogens with zero attached hydrogens (tertiary/aromatic N) is 4. The summed E-state index contributed by atoms with van der Waals surface area (Å²) in [7, 11) is -1.23. The average molecular weight is 511 g/mol. The molecule has 0 spiro atoms. The summed E-state index contributed by atoms with van der Waals surface area (Å²) in [6.45, 7) is 7.20. The molecule has 0 unspecified atom stereocenters. The molecule has 1 N–H and O–H groups in total. The highest BCUT2D eigenvalue weighted by Crippen LogP contribution is 2.37. The fraction of sp³-hybridized carbons (Fsp3) is 0.435. The van der Waals surface area contributed by atoms with Crippen LogP contribution in [0.2, 0.25) is 25.7 Å². The van der Waals surface area contributed by atoms with Crippen molar-refractivity contribution in [1.82, 2.24) is 14.8 Å². The molecule has 0 saturated carbocycles. The molecule has 0 amide bonds. The molecule has 1 fully saturated rings. The molecule has 1 aliphatic rings. The second-order valence-electron chi connectivity index (χ2n) is 9.60. The number of fused-ring (bicyclic) bond motifs is 1. The van der Waals surface area contributed by atoms with Crippen molar-refractivity contribution < 1.29 is 23.4 Å². The average Bonchev–Trinajstić information content (AvgIpc) is 3.30. The van der Waals surface area contributed by atoms with Crippen LogP contribution >= 0.6 is 12.4 Å². The van der Waals surface area contributed by atoms with E-state index >= 15 is 0 Å². The fourth-order valence-corrected chi connectivity index (χ4v) is 4.73. The van der Waals surface area contributed by atoms with Gasteiger partial charge in [0.25, 0.3) is 5.92 Å². The van der Waals surface area contributed by atoms with Gasteiger partial charge in [0.1, 0.15) is 23.8 Å². The molecule has 0 radical (unpaired) electrons. The lowest BCUT2D eigenvalue weighted by Crippen LogP contribution is -2.27. The van der Waals surface area contributed by atoms with Crippen molar-refractivity contribution in [1.29, 1.82) is 0 Å². The Morgan fingerprint density at radius 2 is 1.97 bits per heavy atom. The number of hydrogen-bond acceptors (Lipinski definition) is 5. The summed E-state index contributed by atoms with van der Waals surface area (Å²) in [4.78, 5) is 17.8. The van der Waals surface area contributed by atoms with Gasteiger partial charge in [-0.2, -0.15) is 5.10 Å². The third-order valence-corrected chi connectivity index (χ3v) is 7.44.